The van der Waals surface area contributed by atoms with Crippen molar-refractivity contribution < 1.29 is 8.42 Å². The molecule has 2 unspecified atom stereocenters. The Morgan fingerprint density at radius 1 is 1.10 bits per heavy atom. The second kappa shape index (κ2) is 8.40. The molecular weight excluding hydrogens is 410 g/mol. The van der Waals surface area contributed by atoms with Crippen LogP contribution in [0, 0.1) is 6.92 Å². The van der Waals surface area contributed by atoms with Crippen LogP contribution in [0.4, 0.5) is 0 Å². The van der Waals surface area contributed by atoms with Crippen LogP contribution < -0.4 is 10.3 Å². The summed E-state index contributed by atoms with van der Waals surface area (Å²) in [6, 6.07) is 18.0. The van der Waals surface area contributed by atoms with Gasteiger partial charge in [0, 0.05) is 24.6 Å². The van der Waals surface area contributed by atoms with Crippen molar-refractivity contribution in [1.82, 2.24) is 14.3 Å². The Hall–Kier alpha value is -2.77. The van der Waals surface area contributed by atoms with E-state index in [-0.39, 0.29) is 17.5 Å². The van der Waals surface area contributed by atoms with E-state index < -0.39 is 10.0 Å². The predicted molar refractivity (Wildman–Crippen MR) is 123 cm³/mol. The Bertz CT molecular complexity index is 1270. The summed E-state index contributed by atoms with van der Waals surface area (Å²) < 4.78 is 28.4. The number of aryl methyl sites for hydroxylation is 2. The molecule has 1 heterocycles. The molecule has 6 nitrogen and oxygen atoms in total. The number of hydrogen-bond acceptors (Lipinski definition) is 4. The van der Waals surface area contributed by atoms with Crippen molar-refractivity contribution in [3.63, 3.8) is 0 Å². The van der Waals surface area contributed by atoms with Crippen molar-refractivity contribution >= 4 is 10.0 Å². The normalized spacial score (nSPS) is 18.5. The first kappa shape index (κ1) is 21.5. The third-order valence-corrected chi connectivity index (χ3v) is 6.76. The van der Waals surface area contributed by atoms with E-state index in [2.05, 4.69) is 34.0 Å². The molecule has 1 aliphatic carbocycles. The molecule has 0 fully saturated rings. The number of aromatic nitrogens is 2. The minimum atomic E-state index is -3.41. The molecule has 1 N–H and O–H groups in total. The highest BCUT2D eigenvalue weighted by atomic mass is 32.2. The summed E-state index contributed by atoms with van der Waals surface area (Å²) in [5, 5.41) is 0. The van der Waals surface area contributed by atoms with Crippen LogP contribution in [0.25, 0.3) is 11.1 Å². The molecular formula is C24H27N3O3S. The van der Waals surface area contributed by atoms with Crippen LogP contribution in [0.3, 0.4) is 0 Å². The van der Waals surface area contributed by atoms with E-state index in [1.54, 1.807) is 11.6 Å². The summed E-state index contributed by atoms with van der Waals surface area (Å²) in [6.07, 6.45) is 2.92. The Morgan fingerprint density at radius 3 is 2.52 bits per heavy atom. The topological polar surface area (TPSA) is 81.1 Å². The van der Waals surface area contributed by atoms with Crippen molar-refractivity contribution in [2.45, 2.75) is 38.1 Å². The second-order valence-electron chi connectivity index (χ2n) is 8.30. The maximum absolute atomic E-state index is 13.2. The zero-order valence-electron chi connectivity index (χ0n) is 18.0. The fourth-order valence-corrected chi connectivity index (χ4v) is 5.29. The fourth-order valence-electron chi connectivity index (χ4n) is 4.46. The van der Waals surface area contributed by atoms with Crippen LogP contribution in [-0.4, -0.2) is 30.3 Å². The number of rotatable bonds is 5. The molecule has 4 rings (SSSR count). The lowest BCUT2D eigenvalue weighted by atomic mass is 9.78. The Kier molecular flexibility index (Phi) is 5.81. The van der Waals surface area contributed by atoms with Gasteiger partial charge in [0.05, 0.1) is 11.9 Å². The minimum absolute atomic E-state index is 0.0910. The van der Waals surface area contributed by atoms with Gasteiger partial charge in [0.25, 0.3) is 5.56 Å². The average molecular weight is 438 g/mol. The van der Waals surface area contributed by atoms with Crippen LogP contribution >= 0.6 is 0 Å². The lowest BCUT2D eigenvalue weighted by Crippen LogP contribution is -2.45. The van der Waals surface area contributed by atoms with Gasteiger partial charge in [-0.1, -0.05) is 54.6 Å². The van der Waals surface area contributed by atoms with E-state index >= 15 is 0 Å². The lowest BCUT2D eigenvalue weighted by Gasteiger charge is -2.33. The molecule has 0 aliphatic heterocycles. The number of nitrogens with one attached hydrogen (secondary N) is 1. The maximum atomic E-state index is 13.2. The second-order valence-corrected chi connectivity index (χ2v) is 10.1. The Morgan fingerprint density at radius 2 is 1.81 bits per heavy atom. The number of hydrogen-bond donors (Lipinski definition) is 1. The van der Waals surface area contributed by atoms with Gasteiger partial charge in [0.1, 0.15) is 5.82 Å². The van der Waals surface area contributed by atoms with Gasteiger partial charge in [0.2, 0.25) is 10.0 Å². The monoisotopic (exact) mass is 437 g/mol. The minimum Gasteiger partial charge on any atom is -0.300 e. The van der Waals surface area contributed by atoms with Crippen molar-refractivity contribution in [2.24, 2.45) is 7.05 Å². The molecule has 0 bridgehead atoms. The molecule has 3 aromatic rings. The smallest absolute Gasteiger partial charge is 0.257 e. The zero-order valence-corrected chi connectivity index (χ0v) is 18.8. The molecule has 0 spiro atoms. The number of sulfonamides is 1. The van der Waals surface area contributed by atoms with E-state index in [1.807, 2.05) is 37.3 Å². The highest BCUT2D eigenvalue weighted by Crippen LogP contribution is 2.33. The van der Waals surface area contributed by atoms with Gasteiger partial charge in [-0.3, -0.25) is 9.36 Å². The molecule has 2 atom stereocenters. The van der Waals surface area contributed by atoms with E-state index in [0.717, 1.165) is 22.4 Å². The molecule has 2 aromatic carbocycles. The summed E-state index contributed by atoms with van der Waals surface area (Å²) in [7, 11) is -1.70. The van der Waals surface area contributed by atoms with Crippen molar-refractivity contribution in [2.75, 3.05) is 6.26 Å². The molecule has 7 heteroatoms. The van der Waals surface area contributed by atoms with Crippen molar-refractivity contribution in [1.29, 1.82) is 0 Å². The molecule has 0 radical (unpaired) electrons. The first-order chi connectivity index (χ1) is 14.7. The third kappa shape index (κ3) is 4.62. The largest absolute Gasteiger partial charge is 0.300 e. The van der Waals surface area contributed by atoms with Crippen LogP contribution in [0.5, 0.6) is 0 Å². The number of nitrogens with zero attached hydrogens (tertiary/aromatic N) is 2. The van der Waals surface area contributed by atoms with Crippen LogP contribution in [0.2, 0.25) is 0 Å². The van der Waals surface area contributed by atoms with Crippen molar-refractivity contribution in [3.8, 4) is 11.1 Å². The third-order valence-electron chi connectivity index (χ3n) is 6.03. The van der Waals surface area contributed by atoms with E-state index in [1.165, 1.54) is 6.26 Å². The quantitative estimate of drug-likeness (QED) is 0.665. The average Bonchev–Trinajstić information content (AvgIpc) is 2.73. The van der Waals surface area contributed by atoms with E-state index in [9.17, 15) is 13.2 Å². The highest BCUT2D eigenvalue weighted by molar-refractivity contribution is 7.88. The first-order valence-corrected chi connectivity index (χ1v) is 12.3. The SMILES string of the molecule is Cc1nc2c(c(=O)n1C)C(Cc1cccc(-c3ccccc3)c1)C(NS(C)(=O)=O)CC2. The molecule has 1 aliphatic rings. The highest BCUT2D eigenvalue weighted by Gasteiger charge is 2.35. The van der Waals surface area contributed by atoms with Crippen LogP contribution in [-0.2, 0) is 29.9 Å². The molecule has 162 valence electrons. The standard InChI is InChI=1S/C24H27N3O3S/c1-16-25-22-13-12-21(26-31(3,29)30)20(23(22)24(28)27(16)2)15-17-8-7-11-19(14-17)18-9-5-4-6-10-18/h4-11,14,20-21,26H,12-13,15H2,1-3H3. The predicted octanol–water partition coefficient (Wildman–Crippen LogP) is 2.95. The Labute approximate surface area is 183 Å². The molecule has 0 saturated heterocycles. The van der Waals surface area contributed by atoms with Gasteiger partial charge in [0.15, 0.2) is 0 Å². The molecule has 1 aromatic heterocycles. The summed E-state index contributed by atoms with van der Waals surface area (Å²) in [4.78, 5) is 17.8. The summed E-state index contributed by atoms with van der Waals surface area (Å²) in [5.74, 6) is 0.388. The summed E-state index contributed by atoms with van der Waals surface area (Å²) >= 11 is 0. The Balaban J connectivity index is 1.77. The van der Waals surface area contributed by atoms with E-state index in [0.29, 0.717) is 30.7 Å². The summed E-state index contributed by atoms with van der Waals surface area (Å²) in [6.45, 7) is 1.82. The van der Waals surface area contributed by atoms with Gasteiger partial charge in [-0.05, 0) is 42.9 Å². The van der Waals surface area contributed by atoms with Crippen LogP contribution in [0.1, 0.15) is 35.0 Å². The fraction of sp³-hybridized carbons (Fsp3) is 0.333. The van der Waals surface area contributed by atoms with Gasteiger partial charge >= 0.3 is 0 Å². The lowest BCUT2D eigenvalue weighted by molar-refractivity contribution is 0.417. The van der Waals surface area contributed by atoms with Crippen LogP contribution in [0.15, 0.2) is 59.4 Å². The van der Waals surface area contributed by atoms with Gasteiger partial charge < -0.3 is 0 Å². The van der Waals surface area contributed by atoms with Gasteiger partial charge in [-0.25, -0.2) is 18.1 Å². The molecule has 0 saturated carbocycles. The molecule has 31 heavy (non-hydrogen) atoms. The van der Waals surface area contributed by atoms with Crippen molar-refractivity contribution in [3.05, 3.63) is 87.6 Å². The zero-order chi connectivity index (χ0) is 22.2. The summed E-state index contributed by atoms with van der Waals surface area (Å²) in [5.41, 5.74) is 4.60. The maximum Gasteiger partial charge on any atom is 0.257 e. The first-order valence-electron chi connectivity index (χ1n) is 10.4. The number of benzene rings is 2. The molecule has 0 amide bonds. The van der Waals surface area contributed by atoms with E-state index in [4.69, 9.17) is 0 Å². The number of fused-ring (bicyclic) bond motifs is 1. The van der Waals surface area contributed by atoms with Gasteiger partial charge in [-0.15, -0.1) is 0 Å². The van der Waals surface area contributed by atoms with Gasteiger partial charge in [-0.2, -0.15) is 0 Å².